The molecule has 0 saturated heterocycles. The number of hydrogen-bond donors (Lipinski definition) is 4. The molecule has 34 heavy (non-hydrogen) atoms. The number of rotatable bonds is 6. The zero-order chi connectivity index (χ0) is 25.2. The molecule has 3 rings (SSSR count). The number of aliphatic imine (C=N–C) groups is 1. The number of aryl methyl sites for hydroxylation is 1. The van der Waals surface area contributed by atoms with Crippen LogP contribution < -0.4 is 22.2 Å². The van der Waals surface area contributed by atoms with E-state index in [4.69, 9.17) is 32.7 Å². The maximum Gasteiger partial charge on any atom is 0.196 e. The minimum absolute atomic E-state index is 0.151. The summed E-state index contributed by atoms with van der Waals surface area (Å²) >= 11 is 5.99. The van der Waals surface area contributed by atoms with Crippen LogP contribution in [0.2, 0.25) is 5.15 Å². The number of hydrogen-bond acceptors (Lipinski definition) is 8. The van der Waals surface area contributed by atoms with Gasteiger partial charge >= 0.3 is 0 Å². The first-order chi connectivity index (χ1) is 16.1. The summed E-state index contributed by atoms with van der Waals surface area (Å²) in [4.78, 5) is 21.7. The van der Waals surface area contributed by atoms with E-state index in [0.717, 1.165) is 11.1 Å². The summed E-state index contributed by atoms with van der Waals surface area (Å²) in [6.07, 6.45) is 1.39. The van der Waals surface area contributed by atoms with E-state index >= 15 is 0 Å². The van der Waals surface area contributed by atoms with Crippen molar-refractivity contribution < 1.29 is 9.62 Å². The van der Waals surface area contributed by atoms with Crippen molar-refractivity contribution in [1.29, 1.82) is 0 Å². The van der Waals surface area contributed by atoms with Gasteiger partial charge < -0.3 is 26.4 Å². The largest absolute Gasteiger partial charge is 0.455 e. The molecule has 1 aromatic carbocycles. The molecule has 9 nitrogen and oxygen atoms in total. The summed E-state index contributed by atoms with van der Waals surface area (Å²) in [5.74, 6) is 0.175. The first-order valence-corrected chi connectivity index (χ1v) is 10.9. The molecule has 1 unspecified atom stereocenters. The molecule has 0 fully saturated rings. The summed E-state index contributed by atoms with van der Waals surface area (Å²) in [7, 11) is 1.65. The molecule has 6 N–H and O–H groups in total. The Bertz CT molecular complexity index is 1410. The minimum Gasteiger partial charge on any atom is -0.455 e. The Hall–Kier alpha value is -3.85. The molecular formula is C24H27ClN6O3. The SMILES string of the molecule is CN=C(C)/C(=C\N)c1oc2c(C(C)Nc3ccc(Cl)nc3/C(N)=N/O)cc(C)cc2c(=O)c1C. The highest BCUT2D eigenvalue weighted by Gasteiger charge is 2.21. The highest BCUT2D eigenvalue weighted by Crippen LogP contribution is 2.31. The number of nitrogens with zero attached hydrogens (tertiary/aromatic N) is 3. The van der Waals surface area contributed by atoms with Gasteiger partial charge in [-0.1, -0.05) is 22.8 Å². The van der Waals surface area contributed by atoms with E-state index in [1.165, 1.54) is 6.20 Å². The number of nitrogens with one attached hydrogen (secondary N) is 1. The normalized spacial score (nSPS) is 13.9. The van der Waals surface area contributed by atoms with E-state index in [1.54, 1.807) is 39.1 Å². The fraction of sp³-hybridized carbons (Fsp3) is 0.250. The van der Waals surface area contributed by atoms with Crippen LogP contribution in [0.4, 0.5) is 5.69 Å². The number of anilines is 1. The van der Waals surface area contributed by atoms with Crippen LogP contribution in [0.5, 0.6) is 0 Å². The summed E-state index contributed by atoms with van der Waals surface area (Å²) in [5.41, 5.74) is 15.9. The van der Waals surface area contributed by atoms with Gasteiger partial charge in [-0.2, -0.15) is 0 Å². The van der Waals surface area contributed by atoms with Crippen LogP contribution >= 0.6 is 11.6 Å². The molecule has 3 aromatic rings. The molecule has 0 bridgehead atoms. The lowest BCUT2D eigenvalue weighted by Crippen LogP contribution is -2.19. The Labute approximate surface area is 201 Å². The zero-order valence-electron chi connectivity index (χ0n) is 19.6. The van der Waals surface area contributed by atoms with Gasteiger partial charge in [0.25, 0.3) is 0 Å². The molecule has 0 amide bonds. The van der Waals surface area contributed by atoms with Crippen molar-refractivity contribution in [1.82, 2.24) is 4.98 Å². The van der Waals surface area contributed by atoms with E-state index in [0.29, 0.717) is 39.3 Å². The Morgan fingerprint density at radius 2 is 2.03 bits per heavy atom. The van der Waals surface area contributed by atoms with Crippen molar-refractivity contribution in [3.05, 3.63) is 74.0 Å². The number of amidine groups is 1. The van der Waals surface area contributed by atoms with Gasteiger partial charge in [0.05, 0.1) is 22.7 Å². The first kappa shape index (κ1) is 24.8. The standard InChI is InChI=1S/C24H27ClN6O3/c1-11-8-15(14(4)29-18-6-7-19(25)30-20(18)24(27)31-33)23-16(9-11)21(32)12(2)22(34-23)17(10-26)13(3)28-5/h6-10,14,29,33H,26H2,1-5H3,(H2,27,31)/b17-10+,28-13?. The third kappa shape index (κ3) is 4.60. The van der Waals surface area contributed by atoms with Crippen molar-refractivity contribution in [2.75, 3.05) is 12.4 Å². The summed E-state index contributed by atoms with van der Waals surface area (Å²) in [6, 6.07) is 6.64. The monoisotopic (exact) mass is 482 g/mol. The van der Waals surface area contributed by atoms with Gasteiger partial charge in [0.2, 0.25) is 0 Å². The van der Waals surface area contributed by atoms with Crippen LogP contribution in [0.25, 0.3) is 16.5 Å². The zero-order valence-corrected chi connectivity index (χ0v) is 20.4. The van der Waals surface area contributed by atoms with Crippen LogP contribution in [0.3, 0.4) is 0 Å². The molecule has 2 heterocycles. The first-order valence-electron chi connectivity index (χ1n) is 10.5. The fourth-order valence-corrected chi connectivity index (χ4v) is 3.88. The molecule has 2 aromatic heterocycles. The van der Waals surface area contributed by atoms with Gasteiger partial charge in [-0.25, -0.2) is 4.98 Å². The maximum absolute atomic E-state index is 13.3. The van der Waals surface area contributed by atoms with E-state index in [1.807, 2.05) is 19.9 Å². The number of pyridine rings is 1. The molecule has 1 atom stereocenters. The van der Waals surface area contributed by atoms with Crippen LogP contribution in [0.15, 0.2) is 49.8 Å². The highest BCUT2D eigenvalue weighted by molar-refractivity contribution is 6.29. The molecule has 178 valence electrons. The van der Waals surface area contributed by atoms with Gasteiger partial charge in [0.15, 0.2) is 11.3 Å². The van der Waals surface area contributed by atoms with Crippen LogP contribution in [0, 0.1) is 13.8 Å². The van der Waals surface area contributed by atoms with Crippen LogP contribution in [-0.4, -0.2) is 28.8 Å². The fourth-order valence-electron chi connectivity index (χ4n) is 3.73. The summed E-state index contributed by atoms with van der Waals surface area (Å²) in [6.45, 7) is 7.31. The average molecular weight is 483 g/mol. The molecule has 0 saturated carbocycles. The summed E-state index contributed by atoms with van der Waals surface area (Å²) < 4.78 is 6.32. The Kier molecular flexibility index (Phi) is 7.26. The summed E-state index contributed by atoms with van der Waals surface area (Å²) in [5, 5.41) is 16.1. The molecular weight excluding hydrogens is 456 g/mol. The van der Waals surface area contributed by atoms with Crippen LogP contribution in [0.1, 0.15) is 48.0 Å². The van der Waals surface area contributed by atoms with Crippen molar-refractivity contribution >= 4 is 45.4 Å². The van der Waals surface area contributed by atoms with Crippen LogP contribution in [-0.2, 0) is 0 Å². The lowest BCUT2D eigenvalue weighted by atomic mass is 9.98. The number of nitrogens with two attached hydrogens (primary N) is 2. The molecule has 0 aliphatic rings. The van der Waals surface area contributed by atoms with E-state index in [9.17, 15) is 4.79 Å². The van der Waals surface area contributed by atoms with Gasteiger partial charge in [0.1, 0.15) is 22.2 Å². The number of benzene rings is 1. The van der Waals surface area contributed by atoms with Crippen molar-refractivity contribution in [2.24, 2.45) is 21.6 Å². The van der Waals surface area contributed by atoms with Gasteiger partial charge in [-0.3, -0.25) is 9.79 Å². The lowest BCUT2D eigenvalue weighted by Gasteiger charge is -2.20. The van der Waals surface area contributed by atoms with E-state index < -0.39 is 0 Å². The predicted molar refractivity (Wildman–Crippen MR) is 137 cm³/mol. The lowest BCUT2D eigenvalue weighted by molar-refractivity contribution is 0.318. The molecule has 0 aliphatic carbocycles. The number of halogens is 1. The maximum atomic E-state index is 13.3. The highest BCUT2D eigenvalue weighted by atomic mass is 35.5. The second kappa shape index (κ2) is 9.96. The van der Waals surface area contributed by atoms with E-state index in [2.05, 4.69) is 20.4 Å². The van der Waals surface area contributed by atoms with Crippen molar-refractivity contribution in [2.45, 2.75) is 33.7 Å². The third-order valence-electron chi connectivity index (χ3n) is 5.58. The second-order valence-corrected chi connectivity index (χ2v) is 8.27. The Balaban J connectivity index is 2.23. The topological polar surface area (TPSA) is 152 Å². The van der Waals surface area contributed by atoms with E-state index in [-0.39, 0.29) is 28.2 Å². The van der Waals surface area contributed by atoms with Crippen molar-refractivity contribution in [3.63, 3.8) is 0 Å². The van der Waals surface area contributed by atoms with Gasteiger partial charge in [0, 0.05) is 30.1 Å². The van der Waals surface area contributed by atoms with Gasteiger partial charge in [-0.15, -0.1) is 0 Å². The molecule has 0 aliphatic heterocycles. The number of oxime groups is 1. The molecule has 10 heteroatoms. The third-order valence-corrected chi connectivity index (χ3v) is 5.79. The smallest absolute Gasteiger partial charge is 0.196 e. The Morgan fingerprint density at radius 1 is 1.32 bits per heavy atom. The average Bonchev–Trinajstić information content (AvgIpc) is 2.82. The predicted octanol–water partition coefficient (Wildman–Crippen LogP) is 4.12. The van der Waals surface area contributed by atoms with Gasteiger partial charge in [-0.05, 0) is 51.5 Å². The molecule has 0 radical (unpaired) electrons. The minimum atomic E-state index is -0.361. The quantitative estimate of drug-likeness (QED) is 0.135. The van der Waals surface area contributed by atoms with Crippen molar-refractivity contribution in [3.8, 4) is 0 Å². The number of allylic oxidation sites excluding steroid dienone is 1. The second-order valence-electron chi connectivity index (χ2n) is 7.89. The number of aromatic nitrogens is 1. The number of fused-ring (bicyclic) bond motifs is 1. The molecule has 0 spiro atoms. The Morgan fingerprint density at radius 3 is 2.65 bits per heavy atom.